The number of thiocarbonyl (C=S) groups is 1. The van der Waals surface area contributed by atoms with Crippen LogP contribution in [-0.4, -0.2) is 30.3 Å². The van der Waals surface area contributed by atoms with Gasteiger partial charge >= 0.3 is 0 Å². The van der Waals surface area contributed by atoms with Crippen LogP contribution in [0.4, 0.5) is 0 Å². The summed E-state index contributed by atoms with van der Waals surface area (Å²) in [5, 5.41) is 5.36. The van der Waals surface area contributed by atoms with Gasteiger partial charge in [0.1, 0.15) is 5.52 Å². The summed E-state index contributed by atoms with van der Waals surface area (Å²) in [4.78, 5) is 13.5. The zero-order chi connectivity index (χ0) is 18.8. The zero-order valence-corrected chi connectivity index (χ0v) is 15.4. The number of rotatable bonds is 4. The number of pyridine rings is 2. The highest BCUT2D eigenvalue weighted by atomic mass is 32.1. The lowest BCUT2D eigenvalue weighted by atomic mass is 10.1. The van der Waals surface area contributed by atoms with Crippen LogP contribution in [0, 0.1) is 0 Å². The second-order valence-corrected chi connectivity index (χ2v) is 6.56. The van der Waals surface area contributed by atoms with Gasteiger partial charge < -0.3 is 10.3 Å². The quantitative estimate of drug-likeness (QED) is 0.323. The number of hydrogen-bond donors (Lipinski definition) is 2. The summed E-state index contributed by atoms with van der Waals surface area (Å²) < 4.78 is 2.02. The van der Waals surface area contributed by atoms with E-state index >= 15 is 0 Å². The summed E-state index contributed by atoms with van der Waals surface area (Å²) >= 11 is 4.77. The molecule has 0 amide bonds. The first-order valence-electron chi connectivity index (χ1n) is 8.36. The van der Waals surface area contributed by atoms with Crippen LogP contribution in [0.2, 0.25) is 0 Å². The molecule has 4 aromatic rings. The van der Waals surface area contributed by atoms with Crippen LogP contribution in [0.3, 0.4) is 0 Å². The van der Waals surface area contributed by atoms with Crippen molar-refractivity contribution in [2.75, 3.05) is 0 Å². The summed E-state index contributed by atoms with van der Waals surface area (Å²) in [5.41, 5.74) is 13.2. The second-order valence-electron chi connectivity index (χ2n) is 6.12. The molecule has 0 radical (unpaired) electrons. The first-order valence-corrected chi connectivity index (χ1v) is 8.76. The van der Waals surface area contributed by atoms with Gasteiger partial charge in [0.2, 0.25) is 0 Å². The molecule has 0 aliphatic rings. The van der Waals surface area contributed by atoms with Crippen molar-refractivity contribution >= 4 is 45.1 Å². The van der Waals surface area contributed by atoms with Crippen molar-refractivity contribution in [3.63, 3.8) is 0 Å². The Morgan fingerprint density at radius 2 is 2.04 bits per heavy atom. The molecule has 4 rings (SSSR count). The third-order valence-corrected chi connectivity index (χ3v) is 4.28. The summed E-state index contributed by atoms with van der Waals surface area (Å²) in [6, 6.07) is 14.0. The molecule has 1 aromatic carbocycles. The second kappa shape index (κ2) is 7.08. The Morgan fingerprint density at radius 1 is 1.19 bits per heavy atom. The van der Waals surface area contributed by atoms with Crippen molar-refractivity contribution in [2.45, 2.75) is 13.5 Å². The number of imidazole rings is 1. The van der Waals surface area contributed by atoms with E-state index in [9.17, 15) is 0 Å². The summed E-state index contributed by atoms with van der Waals surface area (Å²) in [6.07, 6.45) is 3.60. The molecule has 0 spiro atoms. The third-order valence-electron chi connectivity index (χ3n) is 4.19. The molecular formula is C19H17N7S. The fraction of sp³-hybridized carbons (Fsp3) is 0.105. The molecule has 0 aliphatic carbocycles. The van der Waals surface area contributed by atoms with Crippen molar-refractivity contribution in [1.29, 1.82) is 0 Å². The molecule has 0 unspecified atom stereocenters. The fourth-order valence-corrected chi connectivity index (χ4v) is 2.92. The number of nitrogens with zero attached hydrogens (tertiary/aromatic N) is 5. The molecule has 0 aliphatic heterocycles. The minimum Gasteiger partial charge on any atom is -0.375 e. The Bertz CT molecular complexity index is 1180. The number of aromatic nitrogens is 4. The maximum atomic E-state index is 5.42. The predicted molar refractivity (Wildman–Crippen MR) is 111 cm³/mol. The largest absolute Gasteiger partial charge is 0.375 e. The van der Waals surface area contributed by atoms with Crippen LogP contribution in [0.25, 0.3) is 22.1 Å². The Kier molecular flexibility index (Phi) is 4.47. The number of benzene rings is 1. The van der Waals surface area contributed by atoms with Crippen LogP contribution in [0.15, 0.2) is 60.1 Å². The molecule has 0 atom stereocenters. The Balaban J connectivity index is 1.67. The number of hydrogen-bond acceptors (Lipinski definition) is 5. The monoisotopic (exact) mass is 375 g/mol. The molecule has 3 N–H and O–H groups in total. The topological polar surface area (TPSA) is 94.0 Å². The maximum Gasteiger partial charge on any atom is 0.184 e. The average Bonchev–Trinajstić information content (AvgIpc) is 3.08. The van der Waals surface area contributed by atoms with E-state index in [0.717, 1.165) is 33.3 Å². The van der Waals surface area contributed by atoms with Crippen LogP contribution < -0.4 is 11.2 Å². The van der Waals surface area contributed by atoms with Crippen molar-refractivity contribution < 1.29 is 0 Å². The van der Waals surface area contributed by atoms with Crippen LogP contribution in [0.1, 0.15) is 18.2 Å². The van der Waals surface area contributed by atoms with Crippen molar-refractivity contribution in [2.24, 2.45) is 10.8 Å². The highest BCUT2D eigenvalue weighted by molar-refractivity contribution is 7.80. The zero-order valence-electron chi connectivity index (χ0n) is 14.6. The van der Waals surface area contributed by atoms with E-state index < -0.39 is 0 Å². The fourth-order valence-electron chi connectivity index (χ4n) is 2.87. The van der Waals surface area contributed by atoms with Gasteiger partial charge in [0.25, 0.3) is 0 Å². The molecule has 7 nitrogen and oxygen atoms in total. The Labute approximate surface area is 161 Å². The molecule has 0 saturated carbocycles. The van der Waals surface area contributed by atoms with Gasteiger partial charge in [-0.3, -0.25) is 10.4 Å². The van der Waals surface area contributed by atoms with Crippen LogP contribution in [0.5, 0.6) is 0 Å². The normalized spacial score (nSPS) is 11.8. The van der Waals surface area contributed by atoms with Gasteiger partial charge in [-0.05, 0) is 55.0 Å². The molecule has 0 fully saturated rings. The van der Waals surface area contributed by atoms with Crippen molar-refractivity contribution in [1.82, 2.24) is 24.9 Å². The van der Waals surface area contributed by atoms with E-state index in [4.69, 9.17) is 22.9 Å². The maximum absolute atomic E-state index is 5.42. The minimum atomic E-state index is 0.117. The first-order chi connectivity index (χ1) is 13.1. The molecule has 8 heteroatoms. The summed E-state index contributed by atoms with van der Waals surface area (Å²) in [6.45, 7) is 2.51. The lowest BCUT2D eigenvalue weighted by Crippen LogP contribution is -2.25. The molecule has 134 valence electrons. The number of hydrazone groups is 1. The van der Waals surface area contributed by atoms with E-state index in [0.29, 0.717) is 12.3 Å². The minimum absolute atomic E-state index is 0.117. The standard InChI is InChI=1S/C19H17N7S/c1-12(24-25-19(20)27)15-6-7-17-18(23-15)26(11-22-17)10-13-4-5-16-14(9-13)3-2-8-21-16/h2-9,11H,10H2,1H3,(H3,20,25,27)/b24-12-. The first kappa shape index (κ1) is 17.0. The molecule has 0 saturated heterocycles. The van der Waals surface area contributed by atoms with E-state index in [1.165, 1.54) is 0 Å². The van der Waals surface area contributed by atoms with Gasteiger partial charge in [0.15, 0.2) is 10.8 Å². The van der Waals surface area contributed by atoms with Gasteiger partial charge in [-0.1, -0.05) is 12.1 Å². The molecular weight excluding hydrogens is 358 g/mol. The SMILES string of the molecule is C/C(=N/NC(N)=S)c1ccc2ncn(Cc3ccc4ncccc4c3)c2n1. The predicted octanol–water partition coefficient (Wildman–Crippen LogP) is 2.59. The van der Waals surface area contributed by atoms with E-state index in [1.54, 1.807) is 12.5 Å². The van der Waals surface area contributed by atoms with Crippen molar-refractivity contribution in [3.8, 4) is 0 Å². The number of fused-ring (bicyclic) bond motifs is 2. The Hall–Kier alpha value is -3.39. The van der Waals surface area contributed by atoms with Gasteiger partial charge in [0.05, 0.1) is 29.8 Å². The Morgan fingerprint density at radius 3 is 2.89 bits per heavy atom. The lowest BCUT2D eigenvalue weighted by molar-refractivity contribution is 0.814. The molecule has 0 bridgehead atoms. The van der Waals surface area contributed by atoms with Gasteiger partial charge in [-0.25, -0.2) is 9.97 Å². The number of nitrogens with two attached hydrogens (primary N) is 1. The van der Waals surface area contributed by atoms with Crippen LogP contribution >= 0.6 is 12.2 Å². The highest BCUT2D eigenvalue weighted by Gasteiger charge is 2.08. The summed E-state index contributed by atoms with van der Waals surface area (Å²) in [5.74, 6) is 0. The van der Waals surface area contributed by atoms with Gasteiger partial charge in [0, 0.05) is 11.6 Å². The van der Waals surface area contributed by atoms with E-state index in [-0.39, 0.29) is 5.11 Å². The number of nitrogens with one attached hydrogen (secondary N) is 1. The molecule has 3 aromatic heterocycles. The summed E-state index contributed by atoms with van der Waals surface area (Å²) in [7, 11) is 0. The van der Waals surface area contributed by atoms with Gasteiger partial charge in [-0.15, -0.1) is 0 Å². The van der Waals surface area contributed by atoms with Crippen molar-refractivity contribution in [3.05, 3.63) is 66.2 Å². The average molecular weight is 375 g/mol. The third kappa shape index (κ3) is 3.61. The highest BCUT2D eigenvalue weighted by Crippen LogP contribution is 2.17. The molecule has 3 heterocycles. The molecule has 27 heavy (non-hydrogen) atoms. The van der Waals surface area contributed by atoms with E-state index in [1.807, 2.05) is 35.8 Å². The van der Waals surface area contributed by atoms with Gasteiger partial charge in [-0.2, -0.15) is 5.10 Å². The smallest absolute Gasteiger partial charge is 0.184 e. The van der Waals surface area contributed by atoms with E-state index in [2.05, 4.69) is 38.7 Å². The lowest BCUT2D eigenvalue weighted by Gasteiger charge is -2.07. The van der Waals surface area contributed by atoms with Crippen LogP contribution in [-0.2, 0) is 6.54 Å².